The number of hydrazone groups is 1. The van der Waals surface area contributed by atoms with Crippen molar-refractivity contribution in [3.05, 3.63) is 63.1 Å². The van der Waals surface area contributed by atoms with Gasteiger partial charge in [-0.05, 0) is 45.8 Å². The Bertz CT molecular complexity index is 745. The zero-order chi connectivity index (χ0) is 17.6. The van der Waals surface area contributed by atoms with E-state index in [0.717, 1.165) is 53.5 Å². The summed E-state index contributed by atoms with van der Waals surface area (Å²) in [5, 5.41) is 7.61. The van der Waals surface area contributed by atoms with Gasteiger partial charge in [-0.1, -0.05) is 29.8 Å². The van der Waals surface area contributed by atoms with Crippen molar-refractivity contribution < 1.29 is 9.64 Å². The second-order valence-electron chi connectivity index (χ2n) is 6.11. The third-order valence-electron chi connectivity index (χ3n) is 4.39. The van der Waals surface area contributed by atoms with Crippen molar-refractivity contribution in [1.82, 2.24) is 5.01 Å². The SMILES string of the molecule is COc1ccc(C=NN2CC[NH+](Cc3ccccc3Cl)CC2)cc1Br. The van der Waals surface area contributed by atoms with E-state index in [1.54, 1.807) is 12.0 Å². The number of halogens is 2. The van der Waals surface area contributed by atoms with Crippen molar-refractivity contribution >= 4 is 33.7 Å². The lowest BCUT2D eigenvalue weighted by Gasteiger charge is -2.30. The molecule has 0 atom stereocenters. The summed E-state index contributed by atoms with van der Waals surface area (Å²) < 4.78 is 6.19. The van der Waals surface area contributed by atoms with Crippen molar-refractivity contribution in [3.63, 3.8) is 0 Å². The van der Waals surface area contributed by atoms with E-state index in [0.29, 0.717) is 0 Å². The maximum atomic E-state index is 6.26. The summed E-state index contributed by atoms with van der Waals surface area (Å²) >= 11 is 9.77. The minimum absolute atomic E-state index is 0.828. The molecule has 2 aromatic rings. The van der Waals surface area contributed by atoms with Gasteiger partial charge in [0.1, 0.15) is 12.3 Å². The molecule has 0 aliphatic carbocycles. The van der Waals surface area contributed by atoms with E-state index < -0.39 is 0 Å². The molecule has 1 fully saturated rings. The van der Waals surface area contributed by atoms with Crippen LogP contribution < -0.4 is 9.64 Å². The molecule has 6 heteroatoms. The van der Waals surface area contributed by atoms with E-state index in [-0.39, 0.29) is 0 Å². The highest BCUT2D eigenvalue weighted by Crippen LogP contribution is 2.24. The molecule has 1 heterocycles. The third-order valence-corrected chi connectivity index (χ3v) is 5.38. The fraction of sp³-hybridized carbons (Fsp3) is 0.316. The standard InChI is InChI=1S/C19H21BrClN3O/c1-25-19-7-6-15(12-17(19)20)13-22-24-10-8-23(9-11-24)14-16-4-2-3-5-18(16)21/h2-7,12-13H,8-11,14H2,1H3/p+1. The Hall–Kier alpha value is -1.56. The minimum Gasteiger partial charge on any atom is -0.496 e. The number of hydrogen-bond donors (Lipinski definition) is 1. The number of quaternary nitrogens is 1. The third kappa shape index (κ3) is 4.97. The van der Waals surface area contributed by atoms with E-state index >= 15 is 0 Å². The average Bonchev–Trinajstić information content (AvgIpc) is 2.63. The van der Waals surface area contributed by atoms with E-state index in [1.165, 1.54) is 5.56 Å². The minimum atomic E-state index is 0.828. The fourth-order valence-electron chi connectivity index (χ4n) is 2.93. The predicted molar refractivity (Wildman–Crippen MR) is 106 cm³/mol. The lowest BCUT2D eigenvalue weighted by Crippen LogP contribution is -3.13. The van der Waals surface area contributed by atoms with Crippen LogP contribution >= 0.6 is 27.5 Å². The van der Waals surface area contributed by atoms with E-state index in [4.69, 9.17) is 16.3 Å². The lowest BCUT2D eigenvalue weighted by atomic mass is 10.2. The number of hydrogen-bond acceptors (Lipinski definition) is 3. The molecule has 132 valence electrons. The van der Waals surface area contributed by atoms with Gasteiger partial charge in [0.25, 0.3) is 0 Å². The molecular weight excluding hydrogens is 402 g/mol. The maximum absolute atomic E-state index is 6.26. The molecule has 1 N–H and O–H groups in total. The topological polar surface area (TPSA) is 29.3 Å². The molecule has 0 aromatic heterocycles. The van der Waals surface area contributed by atoms with Crippen molar-refractivity contribution in [2.75, 3.05) is 33.3 Å². The first-order chi connectivity index (χ1) is 12.2. The summed E-state index contributed by atoms with van der Waals surface area (Å²) in [5.74, 6) is 0.828. The van der Waals surface area contributed by atoms with Crippen molar-refractivity contribution in [2.45, 2.75) is 6.54 Å². The van der Waals surface area contributed by atoms with Crippen molar-refractivity contribution in [3.8, 4) is 5.75 Å². The van der Waals surface area contributed by atoms with Crippen LogP contribution in [0.4, 0.5) is 0 Å². The van der Waals surface area contributed by atoms with Gasteiger partial charge in [-0.15, -0.1) is 0 Å². The number of rotatable bonds is 5. The van der Waals surface area contributed by atoms with Crippen LogP contribution in [0.1, 0.15) is 11.1 Å². The van der Waals surface area contributed by atoms with Crippen LogP contribution in [0, 0.1) is 0 Å². The van der Waals surface area contributed by atoms with Gasteiger partial charge in [-0.25, -0.2) is 0 Å². The quantitative estimate of drug-likeness (QED) is 0.749. The molecule has 0 saturated carbocycles. The van der Waals surface area contributed by atoms with Crippen molar-refractivity contribution in [1.29, 1.82) is 0 Å². The molecule has 1 saturated heterocycles. The normalized spacial score (nSPS) is 15.7. The molecular formula is C19H22BrClN3O+. The molecule has 3 rings (SSSR count). The van der Waals surface area contributed by atoms with Gasteiger partial charge in [0.15, 0.2) is 0 Å². The Morgan fingerprint density at radius 3 is 2.68 bits per heavy atom. The molecule has 0 bridgehead atoms. The largest absolute Gasteiger partial charge is 0.496 e. The van der Waals surface area contributed by atoms with E-state index in [2.05, 4.69) is 32.1 Å². The summed E-state index contributed by atoms with van der Waals surface area (Å²) in [7, 11) is 1.66. The van der Waals surface area contributed by atoms with E-state index in [9.17, 15) is 0 Å². The Morgan fingerprint density at radius 1 is 1.24 bits per heavy atom. The van der Waals surface area contributed by atoms with Crippen LogP contribution in [0.5, 0.6) is 5.75 Å². The number of piperazine rings is 1. The molecule has 4 nitrogen and oxygen atoms in total. The molecule has 1 aliphatic rings. The molecule has 0 radical (unpaired) electrons. The van der Waals surface area contributed by atoms with Crippen LogP contribution in [0.3, 0.4) is 0 Å². The maximum Gasteiger partial charge on any atom is 0.133 e. The van der Waals surface area contributed by atoms with Gasteiger partial charge >= 0.3 is 0 Å². The zero-order valence-electron chi connectivity index (χ0n) is 14.2. The van der Waals surface area contributed by atoms with Crippen LogP contribution in [-0.2, 0) is 6.54 Å². The first-order valence-electron chi connectivity index (χ1n) is 8.35. The number of methoxy groups -OCH3 is 1. The van der Waals surface area contributed by atoms with Gasteiger partial charge in [0.2, 0.25) is 0 Å². The van der Waals surface area contributed by atoms with Gasteiger partial charge < -0.3 is 9.64 Å². The van der Waals surface area contributed by atoms with Gasteiger partial charge in [-0.2, -0.15) is 5.10 Å². The second kappa shape index (κ2) is 8.70. The van der Waals surface area contributed by atoms with Gasteiger partial charge in [0.05, 0.1) is 44.0 Å². The second-order valence-corrected chi connectivity index (χ2v) is 7.37. The molecule has 0 amide bonds. The van der Waals surface area contributed by atoms with Gasteiger partial charge in [0, 0.05) is 10.6 Å². The summed E-state index contributed by atoms with van der Waals surface area (Å²) in [6.07, 6.45) is 1.91. The first-order valence-corrected chi connectivity index (χ1v) is 9.52. The lowest BCUT2D eigenvalue weighted by molar-refractivity contribution is -0.918. The Balaban J connectivity index is 1.52. The highest BCUT2D eigenvalue weighted by atomic mass is 79.9. The first kappa shape index (κ1) is 18.2. The summed E-state index contributed by atoms with van der Waals surface area (Å²) in [5.41, 5.74) is 2.28. The number of ether oxygens (including phenoxy) is 1. The summed E-state index contributed by atoms with van der Waals surface area (Å²) in [6.45, 7) is 5.01. The zero-order valence-corrected chi connectivity index (χ0v) is 16.6. The molecule has 1 aliphatic heterocycles. The number of benzene rings is 2. The van der Waals surface area contributed by atoms with E-state index in [1.807, 2.05) is 42.6 Å². The molecule has 0 spiro atoms. The summed E-state index contributed by atoms with van der Waals surface area (Å²) in [6, 6.07) is 14.1. The molecule has 25 heavy (non-hydrogen) atoms. The molecule has 2 aromatic carbocycles. The number of nitrogens with one attached hydrogen (secondary N) is 1. The van der Waals surface area contributed by atoms with Crippen molar-refractivity contribution in [2.24, 2.45) is 5.10 Å². The van der Waals surface area contributed by atoms with Crippen LogP contribution in [0.2, 0.25) is 5.02 Å². The number of nitrogens with zero attached hydrogens (tertiary/aromatic N) is 2. The Kier molecular flexibility index (Phi) is 6.34. The van der Waals surface area contributed by atoms with Crippen LogP contribution in [0.15, 0.2) is 52.0 Å². The monoisotopic (exact) mass is 422 g/mol. The highest BCUT2D eigenvalue weighted by molar-refractivity contribution is 9.10. The fourth-order valence-corrected chi connectivity index (χ4v) is 3.69. The Labute approximate surface area is 162 Å². The smallest absolute Gasteiger partial charge is 0.133 e. The van der Waals surface area contributed by atoms with Gasteiger partial charge in [-0.3, -0.25) is 5.01 Å². The molecule has 0 unspecified atom stereocenters. The van der Waals surface area contributed by atoms with Crippen LogP contribution in [0.25, 0.3) is 0 Å². The highest BCUT2D eigenvalue weighted by Gasteiger charge is 2.19. The predicted octanol–water partition coefficient (Wildman–Crippen LogP) is 2.85. The summed E-state index contributed by atoms with van der Waals surface area (Å²) in [4.78, 5) is 1.55. The average molecular weight is 424 g/mol. The van der Waals surface area contributed by atoms with Crippen LogP contribution in [-0.4, -0.2) is 44.5 Å². The Morgan fingerprint density at radius 2 is 2.00 bits per heavy atom.